The van der Waals surface area contributed by atoms with Crippen LogP contribution >= 0.6 is 23.2 Å². The van der Waals surface area contributed by atoms with E-state index in [1.807, 2.05) is 18.3 Å². The zero-order chi connectivity index (χ0) is 12.3. The molecule has 0 aliphatic carbocycles. The summed E-state index contributed by atoms with van der Waals surface area (Å²) in [6, 6.07) is 5.12. The molecule has 1 aromatic carbocycles. The summed E-state index contributed by atoms with van der Waals surface area (Å²) in [4.78, 5) is 10.9. The highest BCUT2D eigenvalue weighted by Gasteiger charge is 2.19. The standard InChI is InChI=1S/C11H14Cl2N2O/c1-6(15-7(2)11(14)16)9-4-3-8(12)5-10(9)13/h3-7,15H,1-2H3,(H2,14,16)/p+1/t6-,7-/m1/s1. The van der Waals surface area contributed by atoms with E-state index < -0.39 is 0 Å². The second kappa shape index (κ2) is 5.53. The number of hydrogen-bond acceptors (Lipinski definition) is 1. The van der Waals surface area contributed by atoms with Gasteiger partial charge in [0.15, 0.2) is 6.04 Å². The summed E-state index contributed by atoms with van der Waals surface area (Å²) in [6.45, 7) is 3.73. The number of benzene rings is 1. The summed E-state index contributed by atoms with van der Waals surface area (Å²) >= 11 is 11.9. The van der Waals surface area contributed by atoms with Gasteiger partial charge in [-0.15, -0.1) is 0 Å². The fraction of sp³-hybridized carbons (Fsp3) is 0.364. The normalized spacial score (nSPS) is 14.5. The van der Waals surface area contributed by atoms with Crippen molar-refractivity contribution in [2.45, 2.75) is 25.9 Å². The van der Waals surface area contributed by atoms with Crippen LogP contribution in [0.15, 0.2) is 18.2 Å². The number of hydrogen-bond donors (Lipinski definition) is 2. The van der Waals surface area contributed by atoms with Crippen LogP contribution in [-0.4, -0.2) is 11.9 Å². The van der Waals surface area contributed by atoms with Gasteiger partial charge in [0.25, 0.3) is 5.91 Å². The van der Waals surface area contributed by atoms with E-state index >= 15 is 0 Å². The van der Waals surface area contributed by atoms with Crippen molar-refractivity contribution in [2.24, 2.45) is 5.73 Å². The van der Waals surface area contributed by atoms with Gasteiger partial charge in [0, 0.05) is 10.6 Å². The number of carbonyl (C=O) groups is 1. The Bertz CT molecular complexity index is 396. The lowest BCUT2D eigenvalue weighted by Crippen LogP contribution is -2.92. The van der Waals surface area contributed by atoms with Crippen LogP contribution in [0, 0.1) is 0 Å². The molecule has 1 amide bonds. The van der Waals surface area contributed by atoms with Crippen LogP contribution in [0.4, 0.5) is 0 Å². The van der Waals surface area contributed by atoms with Crippen molar-refractivity contribution in [3.8, 4) is 0 Å². The minimum Gasteiger partial charge on any atom is -0.365 e. The van der Waals surface area contributed by atoms with Crippen LogP contribution in [0.1, 0.15) is 25.5 Å². The summed E-state index contributed by atoms with van der Waals surface area (Å²) in [6.07, 6.45) is 0. The summed E-state index contributed by atoms with van der Waals surface area (Å²) in [7, 11) is 0. The van der Waals surface area contributed by atoms with Crippen molar-refractivity contribution in [2.75, 3.05) is 0 Å². The molecule has 2 atom stereocenters. The van der Waals surface area contributed by atoms with Crippen molar-refractivity contribution >= 4 is 29.1 Å². The second-order valence-electron chi connectivity index (χ2n) is 3.84. The van der Waals surface area contributed by atoms with Gasteiger partial charge in [0.05, 0.1) is 5.02 Å². The first-order valence-corrected chi connectivity index (χ1v) is 5.76. The highest BCUT2D eigenvalue weighted by atomic mass is 35.5. The van der Waals surface area contributed by atoms with E-state index in [9.17, 15) is 4.79 Å². The van der Waals surface area contributed by atoms with E-state index in [0.717, 1.165) is 5.56 Å². The number of nitrogens with two attached hydrogens (primary N) is 2. The van der Waals surface area contributed by atoms with Crippen molar-refractivity contribution < 1.29 is 10.1 Å². The molecule has 0 radical (unpaired) electrons. The third-order valence-electron chi connectivity index (χ3n) is 2.48. The molecule has 0 heterocycles. The van der Waals surface area contributed by atoms with E-state index in [4.69, 9.17) is 28.9 Å². The zero-order valence-corrected chi connectivity index (χ0v) is 10.7. The molecule has 3 nitrogen and oxygen atoms in total. The molecule has 0 fully saturated rings. The van der Waals surface area contributed by atoms with E-state index in [1.165, 1.54) is 0 Å². The van der Waals surface area contributed by atoms with Crippen LogP contribution in [0.3, 0.4) is 0 Å². The van der Waals surface area contributed by atoms with Gasteiger partial charge in [0.2, 0.25) is 0 Å². The number of halogens is 2. The minimum atomic E-state index is -0.336. The predicted octanol–water partition coefficient (Wildman–Crippen LogP) is 1.49. The molecule has 16 heavy (non-hydrogen) atoms. The van der Waals surface area contributed by atoms with Gasteiger partial charge in [-0.3, -0.25) is 4.79 Å². The quantitative estimate of drug-likeness (QED) is 0.848. The molecule has 0 spiro atoms. The molecule has 4 N–H and O–H groups in total. The summed E-state index contributed by atoms with van der Waals surface area (Å²) in [5, 5.41) is 3.08. The maximum absolute atomic E-state index is 10.9. The molecule has 0 aliphatic rings. The minimum absolute atomic E-state index is 0.0623. The van der Waals surface area contributed by atoms with E-state index in [1.54, 1.807) is 19.1 Å². The molecule has 0 unspecified atom stereocenters. The molecule has 5 heteroatoms. The van der Waals surface area contributed by atoms with E-state index in [2.05, 4.69) is 0 Å². The number of amides is 1. The Morgan fingerprint density at radius 1 is 1.38 bits per heavy atom. The van der Waals surface area contributed by atoms with Gasteiger partial charge in [-0.25, -0.2) is 0 Å². The fourth-order valence-corrected chi connectivity index (χ4v) is 2.08. The topological polar surface area (TPSA) is 59.7 Å². The Labute approximate surface area is 105 Å². The first kappa shape index (κ1) is 13.3. The Kier molecular flexibility index (Phi) is 4.59. The maximum Gasteiger partial charge on any atom is 0.275 e. The molecule has 88 valence electrons. The van der Waals surface area contributed by atoms with Gasteiger partial charge < -0.3 is 11.1 Å². The lowest BCUT2D eigenvalue weighted by Gasteiger charge is -2.15. The average molecular weight is 262 g/mol. The summed E-state index contributed by atoms with van der Waals surface area (Å²) < 4.78 is 0. The van der Waals surface area contributed by atoms with Gasteiger partial charge in [-0.05, 0) is 26.0 Å². The highest BCUT2D eigenvalue weighted by Crippen LogP contribution is 2.24. The van der Waals surface area contributed by atoms with Crippen LogP contribution < -0.4 is 11.1 Å². The van der Waals surface area contributed by atoms with Crippen molar-refractivity contribution in [1.29, 1.82) is 0 Å². The predicted molar refractivity (Wildman–Crippen MR) is 65.5 cm³/mol. The van der Waals surface area contributed by atoms with Crippen molar-refractivity contribution in [3.63, 3.8) is 0 Å². The largest absolute Gasteiger partial charge is 0.365 e. The summed E-state index contributed by atoms with van der Waals surface area (Å²) in [5.74, 6) is -0.336. The Balaban J connectivity index is 2.80. The van der Waals surface area contributed by atoms with Crippen LogP contribution in [-0.2, 0) is 4.79 Å². The van der Waals surface area contributed by atoms with Gasteiger partial charge >= 0.3 is 0 Å². The zero-order valence-electron chi connectivity index (χ0n) is 9.21. The molecule has 0 saturated carbocycles. The Hall–Kier alpha value is -0.770. The van der Waals surface area contributed by atoms with Crippen LogP contribution in [0.25, 0.3) is 0 Å². The number of carbonyl (C=O) groups excluding carboxylic acids is 1. The maximum atomic E-state index is 10.9. The molecule has 0 bridgehead atoms. The molecule has 0 aromatic heterocycles. The third-order valence-corrected chi connectivity index (χ3v) is 3.04. The first-order chi connectivity index (χ1) is 7.41. The molecule has 0 saturated heterocycles. The molecule has 1 aromatic rings. The van der Waals surface area contributed by atoms with Crippen molar-refractivity contribution in [3.05, 3.63) is 33.8 Å². The molecule has 0 aliphatic heterocycles. The Morgan fingerprint density at radius 3 is 2.50 bits per heavy atom. The lowest BCUT2D eigenvalue weighted by molar-refractivity contribution is -0.710. The number of primary amides is 1. The first-order valence-electron chi connectivity index (χ1n) is 5.01. The SMILES string of the molecule is C[C@@H]([NH2+][C@H](C)c1ccc(Cl)cc1Cl)C(N)=O. The van der Waals surface area contributed by atoms with Gasteiger partial charge in [-0.1, -0.05) is 29.3 Å². The van der Waals surface area contributed by atoms with Crippen molar-refractivity contribution in [1.82, 2.24) is 0 Å². The van der Waals surface area contributed by atoms with E-state index in [-0.39, 0.29) is 18.0 Å². The van der Waals surface area contributed by atoms with Gasteiger partial charge in [-0.2, -0.15) is 0 Å². The van der Waals surface area contributed by atoms with Crippen LogP contribution in [0.2, 0.25) is 10.0 Å². The van der Waals surface area contributed by atoms with E-state index in [0.29, 0.717) is 10.0 Å². The lowest BCUT2D eigenvalue weighted by atomic mass is 10.1. The fourth-order valence-electron chi connectivity index (χ4n) is 1.50. The highest BCUT2D eigenvalue weighted by molar-refractivity contribution is 6.35. The average Bonchev–Trinajstić information content (AvgIpc) is 2.16. The smallest absolute Gasteiger partial charge is 0.275 e. The number of quaternary nitrogens is 1. The second-order valence-corrected chi connectivity index (χ2v) is 4.68. The Morgan fingerprint density at radius 2 is 2.00 bits per heavy atom. The molecular formula is C11H15Cl2N2O+. The monoisotopic (exact) mass is 261 g/mol. The summed E-state index contributed by atoms with van der Waals surface area (Å²) in [5.41, 5.74) is 6.14. The van der Waals surface area contributed by atoms with Gasteiger partial charge in [0.1, 0.15) is 6.04 Å². The molecular weight excluding hydrogens is 247 g/mol. The van der Waals surface area contributed by atoms with Crippen LogP contribution in [0.5, 0.6) is 0 Å². The molecule has 1 rings (SSSR count). The third kappa shape index (κ3) is 3.37. The number of rotatable bonds is 4.